The third-order valence-corrected chi connectivity index (χ3v) is 2.66. The summed E-state index contributed by atoms with van der Waals surface area (Å²) >= 11 is 1.46. The molecule has 14 heavy (non-hydrogen) atoms. The predicted molar refractivity (Wildman–Crippen MR) is 61.8 cm³/mol. The van der Waals surface area contributed by atoms with E-state index in [0.29, 0.717) is 6.04 Å². The maximum absolute atomic E-state index is 4.37. The summed E-state index contributed by atoms with van der Waals surface area (Å²) in [5.41, 5.74) is 0. The molecule has 3 nitrogen and oxygen atoms in total. The highest BCUT2D eigenvalue weighted by Gasteiger charge is 2.07. The van der Waals surface area contributed by atoms with Crippen LogP contribution in [-0.4, -0.2) is 15.4 Å². The van der Waals surface area contributed by atoms with Crippen LogP contribution in [0.4, 0.5) is 5.13 Å². The van der Waals surface area contributed by atoms with Gasteiger partial charge in [-0.25, -0.2) is 4.98 Å². The van der Waals surface area contributed by atoms with E-state index in [2.05, 4.69) is 42.4 Å². The molecule has 0 saturated heterocycles. The van der Waals surface area contributed by atoms with Crippen molar-refractivity contribution in [3.63, 3.8) is 0 Å². The summed E-state index contributed by atoms with van der Waals surface area (Å²) in [4.78, 5) is 4.37. The predicted octanol–water partition coefficient (Wildman–Crippen LogP) is 2.95. The molecule has 0 amide bonds. The third kappa shape index (κ3) is 3.62. The molecule has 0 spiro atoms. The summed E-state index contributed by atoms with van der Waals surface area (Å²) in [6, 6.07) is 0.479. The largest absolute Gasteiger partial charge is 0.358 e. The molecule has 0 radical (unpaired) electrons. The topological polar surface area (TPSA) is 37.8 Å². The normalized spacial score (nSPS) is 13.2. The first-order valence-corrected chi connectivity index (χ1v) is 5.98. The van der Waals surface area contributed by atoms with E-state index in [0.717, 1.165) is 23.3 Å². The Morgan fingerprint density at radius 1 is 1.36 bits per heavy atom. The van der Waals surface area contributed by atoms with Crippen molar-refractivity contribution in [2.75, 3.05) is 5.32 Å². The molecule has 0 aliphatic heterocycles. The Kier molecular flexibility index (Phi) is 4.32. The van der Waals surface area contributed by atoms with Crippen LogP contribution < -0.4 is 5.32 Å². The molecule has 1 heterocycles. The second-order valence-electron chi connectivity index (χ2n) is 4.04. The molecule has 0 aromatic carbocycles. The minimum Gasteiger partial charge on any atom is -0.358 e. The van der Waals surface area contributed by atoms with Crippen molar-refractivity contribution in [2.45, 2.75) is 46.6 Å². The highest BCUT2D eigenvalue weighted by Crippen LogP contribution is 2.15. The summed E-state index contributed by atoms with van der Waals surface area (Å²) in [5.74, 6) is 1.66. The highest BCUT2D eigenvalue weighted by atomic mass is 32.1. The average molecular weight is 213 g/mol. The molecule has 1 N–H and O–H groups in total. The van der Waals surface area contributed by atoms with E-state index < -0.39 is 0 Å². The maximum Gasteiger partial charge on any atom is 0.202 e. The summed E-state index contributed by atoms with van der Waals surface area (Å²) in [7, 11) is 0. The second kappa shape index (κ2) is 5.29. The smallest absolute Gasteiger partial charge is 0.202 e. The Balaban J connectivity index is 2.43. The number of rotatable bonds is 5. The van der Waals surface area contributed by atoms with Crippen LogP contribution in [0.3, 0.4) is 0 Å². The Labute approximate surface area is 90.1 Å². The Morgan fingerprint density at radius 3 is 2.57 bits per heavy atom. The lowest BCUT2D eigenvalue weighted by atomic mass is 10.1. The number of aromatic nitrogens is 2. The molecular weight excluding hydrogens is 194 g/mol. The minimum atomic E-state index is 0.479. The molecule has 4 heteroatoms. The van der Waals surface area contributed by atoms with Gasteiger partial charge < -0.3 is 5.32 Å². The summed E-state index contributed by atoms with van der Waals surface area (Å²) in [6.45, 7) is 8.72. The van der Waals surface area contributed by atoms with Crippen LogP contribution in [-0.2, 0) is 6.42 Å². The lowest BCUT2D eigenvalue weighted by Crippen LogP contribution is -2.17. The second-order valence-corrected chi connectivity index (χ2v) is 4.80. The maximum atomic E-state index is 4.37. The van der Waals surface area contributed by atoms with E-state index in [4.69, 9.17) is 0 Å². The molecule has 0 aliphatic carbocycles. The fraction of sp³-hybridized carbons (Fsp3) is 0.800. The number of aryl methyl sites for hydroxylation is 1. The number of hydrogen-bond donors (Lipinski definition) is 1. The van der Waals surface area contributed by atoms with Crippen molar-refractivity contribution in [1.82, 2.24) is 9.36 Å². The van der Waals surface area contributed by atoms with Crippen molar-refractivity contribution in [1.29, 1.82) is 0 Å². The number of nitrogens with zero attached hydrogens (tertiary/aromatic N) is 2. The summed E-state index contributed by atoms with van der Waals surface area (Å²) < 4.78 is 4.23. The van der Waals surface area contributed by atoms with Crippen LogP contribution in [0.5, 0.6) is 0 Å². The Bertz CT molecular complexity index is 270. The molecule has 0 saturated carbocycles. The molecule has 1 aromatic heterocycles. The van der Waals surface area contributed by atoms with E-state index in [-0.39, 0.29) is 0 Å². The number of nitrogens with one attached hydrogen (secondary N) is 1. The van der Waals surface area contributed by atoms with Gasteiger partial charge in [0.25, 0.3) is 0 Å². The highest BCUT2D eigenvalue weighted by molar-refractivity contribution is 7.09. The molecular formula is C10H19N3S. The van der Waals surface area contributed by atoms with Crippen molar-refractivity contribution in [2.24, 2.45) is 5.92 Å². The Morgan fingerprint density at radius 2 is 2.07 bits per heavy atom. The van der Waals surface area contributed by atoms with Gasteiger partial charge in [-0.3, -0.25) is 0 Å². The summed E-state index contributed by atoms with van der Waals surface area (Å²) in [5, 5.41) is 4.33. The average Bonchev–Trinajstić information content (AvgIpc) is 2.50. The van der Waals surface area contributed by atoms with Crippen molar-refractivity contribution < 1.29 is 0 Å². The lowest BCUT2D eigenvalue weighted by Gasteiger charge is -2.14. The van der Waals surface area contributed by atoms with Crippen molar-refractivity contribution in [3.8, 4) is 0 Å². The van der Waals surface area contributed by atoms with Gasteiger partial charge in [0, 0.05) is 24.0 Å². The van der Waals surface area contributed by atoms with Crippen molar-refractivity contribution >= 4 is 16.7 Å². The number of hydrogen-bond acceptors (Lipinski definition) is 4. The zero-order chi connectivity index (χ0) is 10.6. The van der Waals surface area contributed by atoms with Crippen molar-refractivity contribution in [3.05, 3.63) is 5.82 Å². The van der Waals surface area contributed by atoms with Gasteiger partial charge in [0.15, 0.2) is 0 Å². The van der Waals surface area contributed by atoms with Gasteiger partial charge in [0.2, 0.25) is 5.13 Å². The van der Waals surface area contributed by atoms with E-state index >= 15 is 0 Å². The molecule has 1 rings (SSSR count). The molecule has 80 valence electrons. The minimum absolute atomic E-state index is 0.479. The van der Waals surface area contributed by atoms with Crippen LogP contribution >= 0.6 is 11.5 Å². The van der Waals surface area contributed by atoms with E-state index in [1.807, 2.05) is 0 Å². The van der Waals surface area contributed by atoms with E-state index in [9.17, 15) is 0 Å². The van der Waals surface area contributed by atoms with Crippen LogP contribution in [0.1, 0.15) is 39.9 Å². The van der Waals surface area contributed by atoms with Gasteiger partial charge in [-0.2, -0.15) is 4.37 Å². The molecule has 0 bridgehead atoms. The van der Waals surface area contributed by atoms with Gasteiger partial charge in [-0.1, -0.05) is 20.8 Å². The molecule has 1 aromatic rings. The summed E-state index contributed by atoms with van der Waals surface area (Å²) in [6.07, 6.45) is 2.08. The first-order valence-electron chi connectivity index (χ1n) is 5.21. The molecule has 1 unspecified atom stereocenters. The van der Waals surface area contributed by atoms with Crippen LogP contribution in [0.15, 0.2) is 0 Å². The first-order chi connectivity index (χ1) is 6.61. The zero-order valence-corrected chi connectivity index (χ0v) is 10.2. The fourth-order valence-electron chi connectivity index (χ4n) is 1.43. The van der Waals surface area contributed by atoms with E-state index in [1.54, 1.807) is 0 Å². The number of anilines is 1. The van der Waals surface area contributed by atoms with Crippen LogP contribution in [0.25, 0.3) is 0 Å². The van der Waals surface area contributed by atoms with Gasteiger partial charge >= 0.3 is 0 Å². The zero-order valence-electron chi connectivity index (χ0n) is 9.37. The molecule has 1 atom stereocenters. The SMILES string of the molecule is CCc1nsc(NC(C)CC(C)C)n1. The van der Waals surface area contributed by atoms with E-state index in [1.165, 1.54) is 18.0 Å². The van der Waals surface area contributed by atoms with Gasteiger partial charge in [-0.05, 0) is 19.3 Å². The molecule has 0 fully saturated rings. The first kappa shape index (κ1) is 11.4. The van der Waals surface area contributed by atoms with Crippen LogP contribution in [0, 0.1) is 5.92 Å². The quantitative estimate of drug-likeness (QED) is 0.817. The van der Waals surface area contributed by atoms with Gasteiger partial charge in [0.1, 0.15) is 5.82 Å². The lowest BCUT2D eigenvalue weighted by molar-refractivity contribution is 0.539. The molecule has 0 aliphatic rings. The fourth-order valence-corrected chi connectivity index (χ4v) is 2.19. The van der Waals surface area contributed by atoms with Gasteiger partial charge in [-0.15, -0.1) is 0 Å². The third-order valence-electron chi connectivity index (χ3n) is 1.98. The van der Waals surface area contributed by atoms with Crippen LogP contribution in [0.2, 0.25) is 0 Å². The Hall–Kier alpha value is -0.640. The van der Waals surface area contributed by atoms with Gasteiger partial charge in [0.05, 0.1) is 0 Å². The standard InChI is InChI=1S/C10H19N3S/c1-5-9-12-10(14-13-9)11-8(4)6-7(2)3/h7-8H,5-6H2,1-4H3,(H,11,12,13). The monoisotopic (exact) mass is 213 g/mol.